The molecule has 0 aliphatic carbocycles. The van der Waals surface area contributed by atoms with Gasteiger partial charge in [-0.2, -0.15) is 4.98 Å². The van der Waals surface area contributed by atoms with Crippen molar-refractivity contribution < 1.29 is 14.6 Å². The zero-order valence-electron chi connectivity index (χ0n) is 11.3. The minimum atomic E-state index is -0.662. The Hall–Kier alpha value is -1.93. The van der Waals surface area contributed by atoms with Crippen molar-refractivity contribution in [2.24, 2.45) is 0 Å². The van der Waals surface area contributed by atoms with Crippen LogP contribution in [0.25, 0.3) is 4.96 Å². The molecule has 1 unspecified atom stereocenters. The van der Waals surface area contributed by atoms with E-state index in [9.17, 15) is 14.7 Å². The number of nitrogens with zero attached hydrogens (tertiary/aromatic N) is 2. The summed E-state index contributed by atoms with van der Waals surface area (Å²) < 4.78 is 6.21. The molecule has 0 aromatic carbocycles. The van der Waals surface area contributed by atoms with Gasteiger partial charge in [-0.15, -0.1) is 11.3 Å². The number of aromatic nitrogens is 2. The average Bonchev–Trinajstić information content (AvgIpc) is 2.70. The van der Waals surface area contributed by atoms with Gasteiger partial charge in [-0.05, 0) is 13.8 Å². The fourth-order valence-corrected chi connectivity index (χ4v) is 2.71. The largest absolute Gasteiger partial charge is 0.492 e. The van der Waals surface area contributed by atoms with Crippen LogP contribution in [0.2, 0.25) is 0 Å². The minimum absolute atomic E-state index is 0.282. The number of hydrogen-bond acceptors (Lipinski definition) is 6. The highest BCUT2D eigenvalue weighted by atomic mass is 32.1. The SMILES string of the molecule is COCC(C)NC(=O)c1c(O)nc2scc(C)n2c1=O. The van der Waals surface area contributed by atoms with Crippen molar-refractivity contribution >= 4 is 22.2 Å². The molecule has 0 aliphatic heterocycles. The Labute approximate surface area is 118 Å². The first-order chi connectivity index (χ1) is 9.45. The summed E-state index contributed by atoms with van der Waals surface area (Å²) in [5, 5.41) is 14.1. The molecule has 0 bridgehead atoms. The van der Waals surface area contributed by atoms with Crippen molar-refractivity contribution in [3.05, 3.63) is 27.0 Å². The van der Waals surface area contributed by atoms with Gasteiger partial charge in [-0.3, -0.25) is 14.0 Å². The summed E-state index contributed by atoms with van der Waals surface area (Å²) in [4.78, 5) is 28.6. The number of amides is 1. The van der Waals surface area contributed by atoms with Crippen molar-refractivity contribution in [2.75, 3.05) is 13.7 Å². The normalized spacial score (nSPS) is 12.6. The van der Waals surface area contributed by atoms with E-state index in [0.717, 1.165) is 0 Å². The molecular weight excluding hydrogens is 282 g/mol. The fraction of sp³-hybridized carbons (Fsp3) is 0.417. The van der Waals surface area contributed by atoms with Gasteiger partial charge in [-0.1, -0.05) is 0 Å². The number of rotatable bonds is 4. The maximum atomic E-state index is 12.3. The van der Waals surface area contributed by atoms with Crippen molar-refractivity contribution in [1.29, 1.82) is 0 Å². The van der Waals surface area contributed by atoms with Gasteiger partial charge >= 0.3 is 0 Å². The van der Waals surface area contributed by atoms with Gasteiger partial charge < -0.3 is 15.2 Å². The molecule has 0 fully saturated rings. The number of ether oxygens (including phenoxy) is 1. The van der Waals surface area contributed by atoms with Crippen LogP contribution in [0, 0.1) is 6.92 Å². The minimum Gasteiger partial charge on any atom is -0.492 e. The Kier molecular flexibility index (Phi) is 4.05. The van der Waals surface area contributed by atoms with Crippen molar-refractivity contribution in [2.45, 2.75) is 19.9 Å². The Morgan fingerprint density at radius 1 is 1.65 bits per heavy atom. The van der Waals surface area contributed by atoms with Crippen LogP contribution in [0.1, 0.15) is 23.0 Å². The van der Waals surface area contributed by atoms with Gasteiger partial charge in [0.25, 0.3) is 11.5 Å². The molecule has 2 aromatic heterocycles. The molecule has 7 nitrogen and oxygen atoms in total. The highest BCUT2D eigenvalue weighted by Crippen LogP contribution is 2.17. The molecule has 0 spiro atoms. The summed E-state index contributed by atoms with van der Waals surface area (Å²) in [6.07, 6.45) is 0. The zero-order valence-corrected chi connectivity index (χ0v) is 12.2. The lowest BCUT2D eigenvalue weighted by molar-refractivity contribution is 0.0900. The molecule has 0 saturated heterocycles. The average molecular weight is 297 g/mol. The highest BCUT2D eigenvalue weighted by molar-refractivity contribution is 7.15. The number of methoxy groups -OCH3 is 1. The Morgan fingerprint density at radius 2 is 2.35 bits per heavy atom. The van der Waals surface area contributed by atoms with E-state index in [4.69, 9.17) is 4.74 Å². The number of aryl methyl sites for hydroxylation is 1. The number of aromatic hydroxyl groups is 1. The van der Waals surface area contributed by atoms with Gasteiger partial charge in [0.05, 0.1) is 6.61 Å². The van der Waals surface area contributed by atoms with E-state index in [1.165, 1.54) is 22.8 Å². The van der Waals surface area contributed by atoms with Crippen LogP contribution in [-0.2, 0) is 4.74 Å². The predicted molar refractivity (Wildman–Crippen MR) is 74.5 cm³/mol. The van der Waals surface area contributed by atoms with E-state index in [1.54, 1.807) is 19.2 Å². The van der Waals surface area contributed by atoms with E-state index < -0.39 is 17.3 Å². The van der Waals surface area contributed by atoms with Crippen LogP contribution in [0.4, 0.5) is 0 Å². The second kappa shape index (κ2) is 5.59. The van der Waals surface area contributed by atoms with Crippen LogP contribution in [0.5, 0.6) is 5.88 Å². The first-order valence-electron chi connectivity index (χ1n) is 5.95. The quantitative estimate of drug-likeness (QED) is 0.859. The molecule has 0 radical (unpaired) electrons. The number of carbonyl (C=O) groups is 1. The molecule has 2 N–H and O–H groups in total. The summed E-state index contributed by atoms with van der Waals surface area (Å²) in [5.74, 6) is -1.22. The monoisotopic (exact) mass is 297 g/mol. The molecule has 2 aromatic rings. The third-order valence-corrected chi connectivity index (χ3v) is 3.69. The Balaban J connectivity index is 2.46. The van der Waals surface area contributed by atoms with Crippen LogP contribution in [0.3, 0.4) is 0 Å². The number of hydrogen-bond donors (Lipinski definition) is 2. The summed E-state index contributed by atoms with van der Waals surface area (Å²) in [6, 6.07) is -0.282. The van der Waals surface area contributed by atoms with Gasteiger partial charge in [0.2, 0.25) is 5.88 Å². The molecule has 2 heterocycles. The number of nitrogens with one attached hydrogen (secondary N) is 1. The van der Waals surface area contributed by atoms with E-state index in [0.29, 0.717) is 17.3 Å². The summed E-state index contributed by atoms with van der Waals surface area (Å²) in [6.45, 7) is 3.78. The molecular formula is C12H15N3O4S. The van der Waals surface area contributed by atoms with E-state index >= 15 is 0 Å². The smallest absolute Gasteiger partial charge is 0.275 e. The second-order valence-corrected chi connectivity index (χ2v) is 5.28. The lowest BCUT2D eigenvalue weighted by Crippen LogP contribution is -2.39. The molecule has 1 atom stereocenters. The number of thiazole rings is 1. The van der Waals surface area contributed by atoms with Gasteiger partial charge in [-0.25, -0.2) is 0 Å². The van der Waals surface area contributed by atoms with Crippen molar-refractivity contribution in [3.8, 4) is 5.88 Å². The number of carbonyl (C=O) groups excluding carboxylic acids is 1. The first kappa shape index (κ1) is 14.5. The van der Waals surface area contributed by atoms with Crippen LogP contribution >= 0.6 is 11.3 Å². The molecule has 0 aliphatic rings. The molecule has 2 rings (SSSR count). The third kappa shape index (κ3) is 2.52. The molecule has 1 amide bonds. The maximum absolute atomic E-state index is 12.3. The van der Waals surface area contributed by atoms with E-state index in [-0.39, 0.29) is 11.6 Å². The summed E-state index contributed by atoms with van der Waals surface area (Å²) in [7, 11) is 1.51. The van der Waals surface area contributed by atoms with Crippen LogP contribution in [-0.4, -0.2) is 40.2 Å². The predicted octanol–water partition coefficient (Wildman–Crippen LogP) is 0.535. The zero-order chi connectivity index (χ0) is 14.9. The Bertz CT molecular complexity index is 707. The van der Waals surface area contributed by atoms with Gasteiger partial charge in [0.15, 0.2) is 10.5 Å². The summed E-state index contributed by atoms with van der Waals surface area (Å²) >= 11 is 1.22. The van der Waals surface area contributed by atoms with Gasteiger partial charge in [0.1, 0.15) is 0 Å². The second-order valence-electron chi connectivity index (χ2n) is 4.44. The first-order valence-corrected chi connectivity index (χ1v) is 6.83. The van der Waals surface area contributed by atoms with Crippen LogP contribution in [0.15, 0.2) is 10.2 Å². The summed E-state index contributed by atoms with van der Waals surface area (Å²) in [5.41, 5.74) is -0.262. The topological polar surface area (TPSA) is 92.9 Å². The van der Waals surface area contributed by atoms with E-state index in [2.05, 4.69) is 10.3 Å². The standard InChI is InChI=1S/C12H15N3O4S/c1-6(4-19-3)13-9(16)8-10(17)14-12-15(11(8)18)7(2)5-20-12/h5-6,17H,4H2,1-3H3,(H,13,16). The highest BCUT2D eigenvalue weighted by Gasteiger charge is 2.22. The Morgan fingerprint density at radius 3 is 3.00 bits per heavy atom. The molecule has 108 valence electrons. The fourth-order valence-electron chi connectivity index (χ4n) is 1.86. The third-order valence-electron chi connectivity index (χ3n) is 2.74. The van der Waals surface area contributed by atoms with Gasteiger partial charge in [0, 0.05) is 24.2 Å². The maximum Gasteiger partial charge on any atom is 0.275 e. The lowest BCUT2D eigenvalue weighted by Gasteiger charge is -2.12. The lowest BCUT2D eigenvalue weighted by atomic mass is 10.2. The molecule has 0 saturated carbocycles. The number of fused-ring (bicyclic) bond motifs is 1. The molecule has 20 heavy (non-hydrogen) atoms. The van der Waals surface area contributed by atoms with Crippen molar-refractivity contribution in [1.82, 2.24) is 14.7 Å². The molecule has 8 heteroatoms. The van der Waals surface area contributed by atoms with Crippen molar-refractivity contribution in [3.63, 3.8) is 0 Å². The van der Waals surface area contributed by atoms with Crippen LogP contribution < -0.4 is 10.9 Å². The van der Waals surface area contributed by atoms with E-state index in [1.807, 2.05) is 0 Å².